The summed E-state index contributed by atoms with van der Waals surface area (Å²) < 4.78 is 4.45. The Morgan fingerprint density at radius 3 is 2.32 bits per heavy atom. The molecule has 1 aromatic rings. The summed E-state index contributed by atoms with van der Waals surface area (Å²) in [4.78, 5) is 40.7. The lowest BCUT2D eigenvalue weighted by molar-refractivity contribution is -0.162. The Labute approximate surface area is 148 Å². The summed E-state index contributed by atoms with van der Waals surface area (Å²) in [6, 6.07) is 8.43. The third kappa shape index (κ3) is 8.15. The van der Waals surface area contributed by atoms with Crippen molar-refractivity contribution in [1.29, 1.82) is 0 Å². The summed E-state index contributed by atoms with van der Waals surface area (Å²) in [6.45, 7) is 2.39. The molecule has 1 amide bonds. The van der Waals surface area contributed by atoms with E-state index in [1.54, 1.807) is 30.3 Å². The van der Waals surface area contributed by atoms with Gasteiger partial charge < -0.3 is 9.57 Å². The first-order chi connectivity index (χ1) is 12.1. The topological polar surface area (TPSA) is 72.9 Å². The van der Waals surface area contributed by atoms with Gasteiger partial charge in [0.1, 0.15) is 0 Å². The van der Waals surface area contributed by atoms with Crippen molar-refractivity contribution >= 4 is 17.8 Å². The summed E-state index contributed by atoms with van der Waals surface area (Å²) in [5.74, 6) is -1.84. The number of hydrogen-bond donors (Lipinski definition) is 0. The van der Waals surface area contributed by atoms with Crippen molar-refractivity contribution in [2.24, 2.45) is 0 Å². The van der Waals surface area contributed by atoms with E-state index in [1.165, 1.54) is 7.11 Å². The molecular weight excluding hydrogens is 322 g/mol. The molecule has 0 aliphatic carbocycles. The molecule has 136 valence electrons. The van der Waals surface area contributed by atoms with E-state index in [0.717, 1.165) is 42.9 Å². The lowest BCUT2D eigenvalue weighted by atomic mass is 10.1. The first-order valence-corrected chi connectivity index (χ1v) is 8.43. The molecule has 0 atom stereocenters. The number of nitrogens with zero attached hydrogens (tertiary/aromatic N) is 1. The van der Waals surface area contributed by atoms with Crippen molar-refractivity contribution in [3.8, 4) is 0 Å². The minimum Gasteiger partial charge on any atom is -0.466 e. The van der Waals surface area contributed by atoms with Crippen LogP contribution in [0.5, 0.6) is 0 Å². The van der Waals surface area contributed by atoms with Gasteiger partial charge in [0.05, 0.1) is 19.2 Å². The predicted octanol–water partition coefficient (Wildman–Crippen LogP) is 3.29. The number of carbonyl (C=O) groups is 3. The quantitative estimate of drug-likeness (QED) is 0.297. The Morgan fingerprint density at radius 1 is 1.00 bits per heavy atom. The molecule has 0 spiro atoms. The van der Waals surface area contributed by atoms with Gasteiger partial charge in [-0.1, -0.05) is 50.8 Å². The number of methoxy groups -OCH3 is 1. The molecule has 0 heterocycles. The maximum atomic E-state index is 12.2. The third-order valence-corrected chi connectivity index (χ3v) is 3.48. The molecule has 1 rings (SSSR count). The van der Waals surface area contributed by atoms with Crippen LogP contribution in [0.1, 0.15) is 49.4 Å². The summed E-state index contributed by atoms with van der Waals surface area (Å²) >= 11 is 0. The average Bonchev–Trinajstić information content (AvgIpc) is 2.65. The predicted molar refractivity (Wildman–Crippen MR) is 93.5 cm³/mol. The van der Waals surface area contributed by atoms with Gasteiger partial charge in [0.2, 0.25) is 0 Å². The first-order valence-electron chi connectivity index (χ1n) is 8.43. The molecule has 1 aromatic carbocycles. The Morgan fingerprint density at radius 2 is 1.68 bits per heavy atom. The van der Waals surface area contributed by atoms with Crippen molar-refractivity contribution in [2.75, 3.05) is 13.7 Å². The van der Waals surface area contributed by atoms with E-state index in [0.29, 0.717) is 12.0 Å². The van der Waals surface area contributed by atoms with Crippen LogP contribution in [0.4, 0.5) is 0 Å². The van der Waals surface area contributed by atoms with Crippen molar-refractivity contribution in [3.05, 3.63) is 48.0 Å². The second kappa shape index (κ2) is 11.8. The zero-order valence-electron chi connectivity index (χ0n) is 14.8. The SMILES string of the molecule is CCCCCCCN(OC(=O)c1ccccc1)C(=O)/C=C/C(=O)OC. The minimum atomic E-state index is -0.648. The highest BCUT2D eigenvalue weighted by atomic mass is 16.7. The van der Waals surface area contributed by atoms with E-state index < -0.39 is 17.8 Å². The molecule has 0 aliphatic heterocycles. The van der Waals surface area contributed by atoms with Gasteiger partial charge in [-0.3, -0.25) is 4.79 Å². The number of benzene rings is 1. The number of hydroxylamine groups is 2. The number of amides is 1. The number of ether oxygens (including phenoxy) is 1. The van der Waals surface area contributed by atoms with Gasteiger partial charge in [0, 0.05) is 12.2 Å². The fourth-order valence-corrected chi connectivity index (χ4v) is 2.08. The molecule has 0 radical (unpaired) electrons. The summed E-state index contributed by atoms with van der Waals surface area (Å²) in [5.41, 5.74) is 0.350. The molecular formula is C19H25NO5. The first kappa shape index (κ1) is 20.4. The van der Waals surface area contributed by atoms with Crippen molar-refractivity contribution in [2.45, 2.75) is 39.0 Å². The van der Waals surface area contributed by atoms with E-state index in [1.807, 2.05) is 0 Å². The second-order valence-electron chi connectivity index (χ2n) is 5.46. The van der Waals surface area contributed by atoms with E-state index in [2.05, 4.69) is 11.7 Å². The number of esters is 1. The molecule has 0 saturated heterocycles. The van der Waals surface area contributed by atoms with Crippen LogP contribution in [0, 0.1) is 0 Å². The lowest BCUT2D eigenvalue weighted by Gasteiger charge is -2.19. The summed E-state index contributed by atoms with van der Waals surface area (Å²) in [7, 11) is 1.22. The maximum Gasteiger partial charge on any atom is 0.363 e. The van der Waals surface area contributed by atoms with Crippen LogP contribution in [0.3, 0.4) is 0 Å². The molecule has 25 heavy (non-hydrogen) atoms. The molecule has 0 N–H and O–H groups in total. The molecule has 0 unspecified atom stereocenters. The number of hydrogen-bond acceptors (Lipinski definition) is 5. The summed E-state index contributed by atoms with van der Waals surface area (Å²) in [6.07, 6.45) is 6.98. The largest absolute Gasteiger partial charge is 0.466 e. The van der Waals surface area contributed by atoms with Crippen LogP contribution in [0.2, 0.25) is 0 Å². The van der Waals surface area contributed by atoms with Crippen molar-refractivity contribution in [3.63, 3.8) is 0 Å². The second-order valence-corrected chi connectivity index (χ2v) is 5.46. The summed E-state index contributed by atoms with van der Waals surface area (Å²) in [5, 5.41) is 0.987. The number of unbranched alkanes of at least 4 members (excludes halogenated alkanes) is 4. The highest BCUT2D eigenvalue weighted by Crippen LogP contribution is 2.08. The van der Waals surface area contributed by atoms with Crippen LogP contribution in [0.15, 0.2) is 42.5 Å². The van der Waals surface area contributed by atoms with Gasteiger partial charge in [-0.2, -0.15) is 5.06 Å². The van der Waals surface area contributed by atoms with Gasteiger partial charge in [0.25, 0.3) is 5.91 Å². The van der Waals surface area contributed by atoms with Crippen LogP contribution < -0.4 is 0 Å². The fourth-order valence-electron chi connectivity index (χ4n) is 2.08. The molecule has 0 bridgehead atoms. The van der Waals surface area contributed by atoms with E-state index in [9.17, 15) is 14.4 Å². The average molecular weight is 347 g/mol. The van der Waals surface area contributed by atoms with Gasteiger partial charge in [-0.05, 0) is 18.6 Å². The van der Waals surface area contributed by atoms with Crippen LogP contribution in [0.25, 0.3) is 0 Å². The molecule has 0 fully saturated rings. The zero-order valence-corrected chi connectivity index (χ0v) is 14.8. The standard InChI is InChI=1S/C19H25NO5/c1-3-4-5-6-10-15-20(17(21)13-14-18(22)24-2)25-19(23)16-11-8-7-9-12-16/h7-9,11-14H,3-6,10,15H2,1-2H3/b14-13+. The third-order valence-electron chi connectivity index (χ3n) is 3.48. The van der Waals surface area contributed by atoms with Gasteiger partial charge >= 0.3 is 11.9 Å². The number of carbonyl (C=O) groups excluding carboxylic acids is 3. The normalized spacial score (nSPS) is 10.5. The van der Waals surface area contributed by atoms with Crippen molar-refractivity contribution in [1.82, 2.24) is 5.06 Å². The molecule has 6 nitrogen and oxygen atoms in total. The lowest BCUT2D eigenvalue weighted by Crippen LogP contribution is -2.33. The smallest absolute Gasteiger partial charge is 0.363 e. The van der Waals surface area contributed by atoms with Crippen molar-refractivity contribution < 1.29 is 24.0 Å². The Hall–Kier alpha value is -2.63. The molecule has 0 aliphatic rings. The molecule has 0 aromatic heterocycles. The highest BCUT2D eigenvalue weighted by molar-refractivity contribution is 5.95. The monoisotopic (exact) mass is 347 g/mol. The van der Waals surface area contributed by atoms with E-state index >= 15 is 0 Å². The molecule has 6 heteroatoms. The Balaban J connectivity index is 2.69. The van der Waals surface area contributed by atoms with Gasteiger partial charge in [-0.25, -0.2) is 9.59 Å². The van der Waals surface area contributed by atoms with Crippen LogP contribution in [-0.2, 0) is 19.2 Å². The van der Waals surface area contributed by atoms with Gasteiger partial charge in [0.15, 0.2) is 0 Å². The Kier molecular flexibility index (Phi) is 9.67. The fraction of sp³-hybridized carbons (Fsp3) is 0.421. The zero-order chi connectivity index (χ0) is 18.5. The molecule has 0 saturated carbocycles. The van der Waals surface area contributed by atoms with Gasteiger partial charge in [-0.15, -0.1) is 0 Å². The number of rotatable bonds is 9. The van der Waals surface area contributed by atoms with E-state index in [4.69, 9.17) is 4.84 Å². The Bertz CT molecular complexity index is 583. The maximum absolute atomic E-state index is 12.2. The van der Waals surface area contributed by atoms with Crippen LogP contribution >= 0.6 is 0 Å². The minimum absolute atomic E-state index is 0.270. The van der Waals surface area contributed by atoms with Crippen LogP contribution in [-0.4, -0.2) is 36.6 Å². The highest BCUT2D eigenvalue weighted by Gasteiger charge is 2.18. The van der Waals surface area contributed by atoms with E-state index in [-0.39, 0.29) is 6.54 Å².